The Kier molecular flexibility index (Phi) is 5.42. The Morgan fingerprint density at radius 1 is 1.00 bits per heavy atom. The highest BCUT2D eigenvalue weighted by Crippen LogP contribution is 2.23. The zero-order chi connectivity index (χ0) is 19.1. The molecule has 0 saturated heterocycles. The number of nitriles is 2. The normalized spacial score (nSPS) is 9.70. The lowest BCUT2D eigenvalue weighted by atomic mass is 10.1. The van der Waals surface area contributed by atoms with Gasteiger partial charge in [0.2, 0.25) is 0 Å². The number of hydrogen-bond acceptors (Lipinski definition) is 5. The fourth-order valence-corrected chi connectivity index (χ4v) is 2.36. The molecule has 0 aliphatic rings. The Balaban J connectivity index is 1.69. The first-order chi connectivity index (χ1) is 13.2. The third kappa shape index (κ3) is 4.47. The molecule has 1 amide bonds. The third-order valence-corrected chi connectivity index (χ3v) is 3.78. The van der Waals surface area contributed by atoms with Gasteiger partial charge in [-0.3, -0.25) is 9.78 Å². The molecule has 6 nitrogen and oxygen atoms in total. The first kappa shape index (κ1) is 17.7. The van der Waals surface area contributed by atoms with Crippen LogP contribution in [0.4, 0.5) is 5.69 Å². The van der Waals surface area contributed by atoms with E-state index in [1.165, 1.54) is 12.4 Å². The Hall–Kier alpha value is -4.16. The topological polar surface area (TPSA) is 98.8 Å². The minimum absolute atomic E-state index is 0.267. The van der Waals surface area contributed by atoms with Gasteiger partial charge in [0, 0.05) is 23.6 Å². The Bertz CT molecular complexity index is 1030. The van der Waals surface area contributed by atoms with Gasteiger partial charge in [-0.15, -0.1) is 0 Å². The molecule has 0 unspecified atom stereocenters. The first-order valence-electron chi connectivity index (χ1n) is 8.07. The summed E-state index contributed by atoms with van der Waals surface area (Å²) in [6.45, 7) is 0.267. The van der Waals surface area contributed by atoms with Crippen molar-refractivity contribution in [3.8, 4) is 17.9 Å². The molecule has 0 atom stereocenters. The molecule has 0 radical (unpaired) electrons. The standard InChI is InChI=1S/C21H14N4O2/c22-12-15-1-3-16(4-2-15)14-27-20-6-5-19(11-18(20)13-23)25-21(26)17-7-9-24-10-8-17/h1-11H,14H2,(H,25,26). The minimum atomic E-state index is -0.285. The highest BCUT2D eigenvalue weighted by atomic mass is 16.5. The van der Waals surface area contributed by atoms with Gasteiger partial charge in [0.1, 0.15) is 18.4 Å². The van der Waals surface area contributed by atoms with Crippen LogP contribution in [0.1, 0.15) is 27.0 Å². The van der Waals surface area contributed by atoms with E-state index in [9.17, 15) is 10.1 Å². The molecule has 27 heavy (non-hydrogen) atoms. The Morgan fingerprint density at radius 2 is 1.74 bits per heavy atom. The van der Waals surface area contributed by atoms with E-state index < -0.39 is 0 Å². The number of aromatic nitrogens is 1. The van der Waals surface area contributed by atoms with Crippen LogP contribution >= 0.6 is 0 Å². The Labute approximate surface area is 156 Å². The molecular formula is C21H14N4O2. The van der Waals surface area contributed by atoms with Crippen molar-refractivity contribution in [3.05, 3.63) is 89.2 Å². The summed E-state index contributed by atoms with van der Waals surface area (Å²) in [6, 6.07) is 19.2. The summed E-state index contributed by atoms with van der Waals surface area (Å²) in [5.41, 5.74) is 2.75. The summed E-state index contributed by atoms with van der Waals surface area (Å²) in [6.07, 6.45) is 3.07. The summed E-state index contributed by atoms with van der Waals surface area (Å²) < 4.78 is 5.71. The number of ether oxygens (including phenoxy) is 1. The van der Waals surface area contributed by atoms with Crippen LogP contribution in [0.3, 0.4) is 0 Å². The number of amides is 1. The third-order valence-electron chi connectivity index (χ3n) is 3.78. The van der Waals surface area contributed by atoms with E-state index in [1.807, 2.05) is 0 Å². The van der Waals surface area contributed by atoms with E-state index in [-0.39, 0.29) is 12.5 Å². The molecule has 6 heteroatoms. The van der Waals surface area contributed by atoms with Gasteiger partial charge >= 0.3 is 0 Å². The number of pyridine rings is 1. The number of hydrogen-bond donors (Lipinski definition) is 1. The summed E-state index contributed by atoms with van der Waals surface area (Å²) in [5, 5.41) is 20.9. The maximum Gasteiger partial charge on any atom is 0.255 e. The maximum atomic E-state index is 12.2. The average molecular weight is 354 g/mol. The second-order valence-corrected chi connectivity index (χ2v) is 5.61. The molecule has 0 saturated carbocycles. The lowest BCUT2D eigenvalue weighted by molar-refractivity contribution is 0.102. The van der Waals surface area contributed by atoms with E-state index in [0.29, 0.717) is 28.1 Å². The molecule has 1 aromatic heterocycles. The van der Waals surface area contributed by atoms with Gasteiger partial charge in [-0.25, -0.2) is 0 Å². The van der Waals surface area contributed by atoms with Gasteiger partial charge < -0.3 is 10.1 Å². The molecule has 0 spiro atoms. The lowest BCUT2D eigenvalue weighted by Crippen LogP contribution is -2.12. The van der Waals surface area contributed by atoms with Crippen molar-refractivity contribution in [2.75, 3.05) is 5.32 Å². The number of rotatable bonds is 5. The first-order valence-corrected chi connectivity index (χ1v) is 8.07. The van der Waals surface area contributed by atoms with Gasteiger partial charge in [-0.1, -0.05) is 12.1 Å². The highest BCUT2D eigenvalue weighted by Gasteiger charge is 2.09. The molecule has 3 aromatic rings. The molecule has 130 valence electrons. The van der Waals surface area contributed by atoms with Crippen molar-refractivity contribution in [1.29, 1.82) is 10.5 Å². The van der Waals surface area contributed by atoms with Crippen LogP contribution in [0.5, 0.6) is 5.75 Å². The molecule has 2 aromatic carbocycles. The summed E-state index contributed by atoms with van der Waals surface area (Å²) in [5.74, 6) is 0.135. The summed E-state index contributed by atoms with van der Waals surface area (Å²) in [4.78, 5) is 16.1. The van der Waals surface area contributed by atoms with Crippen LogP contribution in [-0.4, -0.2) is 10.9 Å². The number of nitrogens with one attached hydrogen (secondary N) is 1. The van der Waals surface area contributed by atoms with Crippen molar-refractivity contribution in [2.45, 2.75) is 6.61 Å². The van der Waals surface area contributed by atoms with Crippen molar-refractivity contribution >= 4 is 11.6 Å². The van der Waals surface area contributed by atoms with Gasteiger partial charge in [0.25, 0.3) is 5.91 Å². The molecule has 1 N–H and O–H groups in total. The van der Waals surface area contributed by atoms with Crippen molar-refractivity contribution < 1.29 is 9.53 Å². The number of carbonyl (C=O) groups is 1. The molecular weight excluding hydrogens is 340 g/mol. The molecule has 3 rings (SSSR count). The number of carbonyl (C=O) groups excluding carboxylic acids is 1. The highest BCUT2D eigenvalue weighted by molar-refractivity contribution is 6.04. The van der Waals surface area contributed by atoms with Crippen molar-refractivity contribution in [3.63, 3.8) is 0 Å². The van der Waals surface area contributed by atoms with Crippen LogP contribution in [0.15, 0.2) is 67.0 Å². The van der Waals surface area contributed by atoms with Gasteiger partial charge in [0.05, 0.1) is 17.2 Å². The predicted octanol–water partition coefficient (Wildman–Crippen LogP) is 3.66. The Morgan fingerprint density at radius 3 is 2.41 bits per heavy atom. The minimum Gasteiger partial charge on any atom is -0.488 e. The number of anilines is 1. The largest absolute Gasteiger partial charge is 0.488 e. The average Bonchev–Trinajstić information content (AvgIpc) is 2.73. The molecule has 0 aliphatic heterocycles. The van der Waals surface area contributed by atoms with E-state index in [1.54, 1.807) is 54.6 Å². The zero-order valence-corrected chi connectivity index (χ0v) is 14.2. The van der Waals surface area contributed by atoms with E-state index in [2.05, 4.69) is 22.4 Å². The summed E-state index contributed by atoms with van der Waals surface area (Å²) >= 11 is 0. The van der Waals surface area contributed by atoms with Crippen molar-refractivity contribution in [2.24, 2.45) is 0 Å². The van der Waals surface area contributed by atoms with Crippen LogP contribution in [0.25, 0.3) is 0 Å². The van der Waals surface area contributed by atoms with Gasteiger partial charge in [-0.05, 0) is 48.0 Å². The van der Waals surface area contributed by atoms with Gasteiger partial charge in [0.15, 0.2) is 0 Å². The lowest BCUT2D eigenvalue weighted by Gasteiger charge is -2.10. The second kappa shape index (κ2) is 8.28. The van der Waals surface area contributed by atoms with E-state index in [4.69, 9.17) is 10.00 Å². The fourth-order valence-electron chi connectivity index (χ4n) is 2.36. The number of benzene rings is 2. The van der Waals surface area contributed by atoms with Crippen molar-refractivity contribution in [1.82, 2.24) is 4.98 Å². The maximum absolute atomic E-state index is 12.2. The molecule has 0 bridgehead atoms. The smallest absolute Gasteiger partial charge is 0.255 e. The second-order valence-electron chi connectivity index (χ2n) is 5.61. The molecule has 1 heterocycles. The fraction of sp³-hybridized carbons (Fsp3) is 0.0476. The SMILES string of the molecule is N#Cc1ccc(COc2ccc(NC(=O)c3ccncc3)cc2C#N)cc1. The van der Waals surface area contributed by atoms with Crippen LogP contribution in [-0.2, 0) is 6.61 Å². The number of nitrogens with zero attached hydrogens (tertiary/aromatic N) is 3. The van der Waals surface area contributed by atoms with Gasteiger partial charge in [-0.2, -0.15) is 10.5 Å². The zero-order valence-electron chi connectivity index (χ0n) is 14.2. The van der Waals surface area contributed by atoms with E-state index in [0.717, 1.165) is 5.56 Å². The quantitative estimate of drug-likeness (QED) is 0.754. The van der Waals surface area contributed by atoms with Crippen LogP contribution in [0, 0.1) is 22.7 Å². The van der Waals surface area contributed by atoms with Crippen LogP contribution < -0.4 is 10.1 Å². The molecule has 0 fully saturated rings. The van der Waals surface area contributed by atoms with Crippen LogP contribution in [0.2, 0.25) is 0 Å². The summed E-state index contributed by atoms with van der Waals surface area (Å²) in [7, 11) is 0. The monoisotopic (exact) mass is 354 g/mol. The van der Waals surface area contributed by atoms with E-state index >= 15 is 0 Å². The molecule has 0 aliphatic carbocycles. The predicted molar refractivity (Wildman–Crippen MR) is 98.8 cm³/mol.